The predicted molar refractivity (Wildman–Crippen MR) is 59.5 cm³/mol. The summed E-state index contributed by atoms with van der Waals surface area (Å²) in [7, 11) is 0. The minimum atomic E-state index is -4.41. The number of pyridine rings is 1. The highest BCUT2D eigenvalue weighted by atomic mass is 79.9. The van der Waals surface area contributed by atoms with Gasteiger partial charge >= 0.3 is 6.18 Å². The largest absolute Gasteiger partial charge is 0.417 e. The standard InChI is InChI=1S/C10H4BrClF3N/c11-7-3-5-8(12)1-2-16-9(5)4-6(7)10(13,14)15/h1-4H. The molecule has 6 heteroatoms. The molecule has 0 spiro atoms. The zero-order chi connectivity index (χ0) is 11.9. The molecule has 2 rings (SSSR count). The lowest BCUT2D eigenvalue weighted by Gasteiger charge is -2.10. The average Bonchev–Trinajstić information content (AvgIpc) is 2.17. The fourth-order valence-electron chi connectivity index (χ4n) is 1.35. The van der Waals surface area contributed by atoms with E-state index in [0.29, 0.717) is 10.4 Å². The number of alkyl halides is 3. The van der Waals surface area contributed by atoms with Crippen LogP contribution >= 0.6 is 27.5 Å². The molecule has 0 radical (unpaired) electrons. The first-order valence-corrected chi connectivity index (χ1v) is 5.37. The summed E-state index contributed by atoms with van der Waals surface area (Å²) >= 11 is 8.73. The highest BCUT2D eigenvalue weighted by molar-refractivity contribution is 9.10. The molecule has 2 aromatic rings. The Hall–Kier alpha value is -0.810. The van der Waals surface area contributed by atoms with Crippen LogP contribution in [0.5, 0.6) is 0 Å². The van der Waals surface area contributed by atoms with Crippen molar-refractivity contribution in [1.82, 2.24) is 4.98 Å². The molecule has 0 amide bonds. The normalized spacial score (nSPS) is 12.1. The van der Waals surface area contributed by atoms with Crippen LogP contribution in [-0.4, -0.2) is 4.98 Å². The van der Waals surface area contributed by atoms with Crippen molar-refractivity contribution in [3.8, 4) is 0 Å². The third-order valence-electron chi connectivity index (χ3n) is 2.08. The molecule has 0 saturated heterocycles. The van der Waals surface area contributed by atoms with Crippen LogP contribution in [0.1, 0.15) is 5.56 Å². The second-order valence-electron chi connectivity index (χ2n) is 3.14. The molecule has 0 aliphatic rings. The third kappa shape index (κ3) is 2.01. The van der Waals surface area contributed by atoms with E-state index in [9.17, 15) is 13.2 Å². The van der Waals surface area contributed by atoms with Crippen molar-refractivity contribution in [3.63, 3.8) is 0 Å². The molecule has 84 valence electrons. The monoisotopic (exact) mass is 309 g/mol. The third-order valence-corrected chi connectivity index (χ3v) is 3.07. The van der Waals surface area contributed by atoms with Gasteiger partial charge in [-0.05, 0) is 18.2 Å². The summed E-state index contributed by atoms with van der Waals surface area (Å²) in [6.45, 7) is 0. The summed E-state index contributed by atoms with van der Waals surface area (Å²) in [6, 6.07) is 3.84. The van der Waals surface area contributed by atoms with E-state index in [1.807, 2.05) is 0 Å². The molecule has 0 bridgehead atoms. The van der Waals surface area contributed by atoms with Crippen LogP contribution in [0.4, 0.5) is 13.2 Å². The summed E-state index contributed by atoms with van der Waals surface area (Å²) in [5, 5.41) is 0.864. The minimum absolute atomic E-state index is 0.0394. The van der Waals surface area contributed by atoms with Crippen molar-refractivity contribution in [3.05, 3.63) is 39.5 Å². The van der Waals surface area contributed by atoms with Crippen molar-refractivity contribution in [2.75, 3.05) is 0 Å². The molecular weight excluding hydrogens is 306 g/mol. The highest BCUT2D eigenvalue weighted by Gasteiger charge is 2.33. The molecule has 1 heterocycles. The van der Waals surface area contributed by atoms with E-state index in [4.69, 9.17) is 11.6 Å². The number of aromatic nitrogens is 1. The molecule has 0 saturated carbocycles. The topological polar surface area (TPSA) is 12.9 Å². The van der Waals surface area contributed by atoms with Gasteiger partial charge in [-0.1, -0.05) is 27.5 Å². The Morgan fingerprint density at radius 3 is 2.56 bits per heavy atom. The van der Waals surface area contributed by atoms with Crippen molar-refractivity contribution in [1.29, 1.82) is 0 Å². The van der Waals surface area contributed by atoms with Crippen molar-refractivity contribution in [2.24, 2.45) is 0 Å². The molecule has 1 nitrogen and oxygen atoms in total. The Labute approximate surface area is 102 Å². The van der Waals surface area contributed by atoms with E-state index in [1.54, 1.807) is 0 Å². The summed E-state index contributed by atoms with van der Waals surface area (Å²) in [4.78, 5) is 3.85. The molecule has 16 heavy (non-hydrogen) atoms. The molecular formula is C10H4BrClF3N. The summed E-state index contributed by atoms with van der Waals surface area (Å²) < 4.78 is 37.7. The van der Waals surface area contributed by atoms with Gasteiger partial charge in [-0.15, -0.1) is 0 Å². The van der Waals surface area contributed by atoms with Crippen LogP contribution in [0.15, 0.2) is 28.9 Å². The molecule has 0 N–H and O–H groups in total. The van der Waals surface area contributed by atoms with E-state index >= 15 is 0 Å². The first kappa shape index (κ1) is 11.7. The van der Waals surface area contributed by atoms with Gasteiger partial charge < -0.3 is 0 Å². The number of fused-ring (bicyclic) bond motifs is 1. The zero-order valence-electron chi connectivity index (χ0n) is 7.65. The number of halogens is 5. The van der Waals surface area contributed by atoms with Crippen molar-refractivity contribution >= 4 is 38.4 Å². The van der Waals surface area contributed by atoms with Gasteiger partial charge in [0, 0.05) is 16.1 Å². The lowest BCUT2D eigenvalue weighted by atomic mass is 10.1. The summed E-state index contributed by atoms with van der Waals surface area (Å²) in [5.74, 6) is 0. The summed E-state index contributed by atoms with van der Waals surface area (Å²) in [5.41, 5.74) is -0.530. The van der Waals surface area contributed by atoms with Gasteiger partial charge in [0.15, 0.2) is 0 Å². The molecule has 0 atom stereocenters. The molecule has 1 aromatic carbocycles. The smallest absolute Gasteiger partial charge is 0.256 e. The first-order valence-electron chi connectivity index (χ1n) is 4.20. The minimum Gasteiger partial charge on any atom is -0.256 e. The Balaban J connectivity index is 2.78. The Kier molecular flexibility index (Phi) is 2.84. The van der Waals surface area contributed by atoms with Gasteiger partial charge in [-0.3, -0.25) is 4.98 Å². The van der Waals surface area contributed by atoms with Crippen LogP contribution in [0.3, 0.4) is 0 Å². The SMILES string of the molecule is FC(F)(F)c1cc2nccc(Cl)c2cc1Br. The van der Waals surface area contributed by atoms with Gasteiger partial charge in [0.05, 0.1) is 16.1 Å². The number of rotatable bonds is 0. The predicted octanol–water partition coefficient (Wildman–Crippen LogP) is 4.67. The average molecular weight is 310 g/mol. The van der Waals surface area contributed by atoms with Crippen molar-refractivity contribution < 1.29 is 13.2 Å². The number of hydrogen-bond donors (Lipinski definition) is 0. The fraction of sp³-hybridized carbons (Fsp3) is 0.100. The number of benzene rings is 1. The van der Waals surface area contributed by atoms with Crippen LogP contribution in [0.25, 0.3) is 10.9 Å². The van der Waals surface area contributed by atoms with Gasteiger partial charge in [-0.25, -0.2) is 0 Å². The maximum atomic E-state index is 12.6. The molecule has 1 aromatic heterocycles. The summed E-state index contributed by atoms with van der Waals surface area (Å²) in [6.07, 6.45) is -3.03. The van der Waals surface area contributed by atoms with Gasteiger partial charge in [-0.2, -0.15) is 13.2 Å². The lowest BCUT2D eigenvalue weighted by molar-refractivity contribution is -0.138. The van der Waals surface area contributed by atoms with E-state index in [0.717, 1.165) is 6.07 Å². The molecule has 0 fully saturated rings. The second kappa shape index (κ2) is 3.89. The highest BCUT2D eigenvalue weighted by Crippen LogP contribution is 2.37. The van der Waals surface area contributed by atoms with Crippen LogP contribution in [0.2, 0.25) is 5.02 Å². The molecule has 0 aliphatic heterocycles. The molecule has 0 unspecified atom stereocenters. The van der Waals surface area contributed by atoms with Crippen LogP contribution in [-0.2, 0) is 6.18 Å². The lowest BCUT2D eigenvalue weighted by Crippen LogP contribution is -2.06. The van der Waals surface area contributed by atoms with E-state index < -0.39 is 11.7 Å². The Morgan fingerprint density at radius 1 is 1.25 bits per heavy atom. The first-order chi connectivity index (χ1) is 7.39. The zero-order valence-corrected chi connectivity index (χ0v) is 9.99. The Bertz CT molecular complexity index is 553. The maximum absolute atomic E-state index is 12.6. The van der Waals surface area contributed by atoms with Crippen molar-refractivity contribution in [2.45, 2.75) is 6.18 Å². The van der Waals surface area contributed by atoms with E-state index in [-0.39, 0.29) is 9.99 Å². The van der Waals surface area contributed by atoms with Crippen LogP contribution < -0.4 is 0 Å². The van der Waals surface area contributed by atoms with Gasteiger partial charge in [0.25, 0.3) is 0 Å². The Morgan fingerprint density at radius 2 is 1.94 bits per heavy atom. The fourth-order valence-corrected chi connectivity index (χ4v) is 2.13. The van der Waals surface area contributed by atoms with Gasteiger partial charge in [0.1, 0.15) is 0 Å². The quantitative estimate of drug-likeness (QED) is 0.689. The van der Waals surface area contributed by atoms with E-state index in [2.05, 4.69) is 20.9 Å². The second-order valence-corrected chi connectivity index (χ2v) is 4.40. The van der Waals surface area contributed by atoms with Crippen LogP contribution in [0, 0.1) is 0 Å². The van der Waals surface area contributed by atoms with E-state index in [1.165, 1.54) is 18.3 Å². The number of nitrogens with zero attached hydrogens (tertiary/aromatic N) is 1. The van der Waals surface area contributed by atoms with Gasteiger partial charge in [0.2, 0.25) is 0 Å². The molecule has 0 aliphatic carbocycles. The number of hydrogen-bond acceptors (Lipinski definition) is 1. The maximum Gasteiger partial charge on any atom is 0.417 e.